The Bertz CT molecular complexity index is 662. The number of likely N-dealkylation sites (N-methyl/N-ethyl adjacent to an activating group) is 1. The van der Waals surface area contributed by atoms with Gasteiger partial charge in [-0.3, -0.25) is 4.90 Å². The van der Waals surface area contributed by atoms with Crippen LogP contribution in [0.2, 0.25) is 0 Å². The fourth-order valence-electron chi connectivity index (χ4n) is 4.81. The normalized spacial score (nSPS) is 22.4. The fraction of sp³-hybridized carbons (Fsp3) is 0.696. The van der Waals surface area contributed by atoms with E-state index >= 15 is 0 Å². The first kappa shape index (κ1) is 22.8. The summed E-state index contributed by atoms with van der Waals surface area (Å²) in [6.07, 6.45) is 5.59. The molecular formula is C23H38IN5. The number of rotatable bonds is 5. The Hall–Kier alpha value is -0.860. The molecule has 3 fully saturated rings. The van der Waals surface area contributed by atoms with Crippen LogP contribution >= 0.6 is 24.0 Å². The number of aliphatic imine (C=N–C) groups is 1. The minimum Gasteiger partial charge on any atom is -0.357 e. The molecule has 1 aromatic rings. The Morgan fingerprint density at radius 3 is 2.28 bits per heavy atom. The van der Waals surface area contributed by atoms with Crippen molar-refractivity contribution in [3.8, 4) is 0 Å². The van der Waals surface area contributed by atoms with Gasteiger partial charge in [-0.25, -0.2) is 4.99 Å². The second-order valence-electron chi connectivity index (χ2n) is 9.09. The van der Waals surface area contributed by atoms with Gasteiger partial charge < -0.3 is 15.1 Å². The molecule has 1 saturated carbocycles. The molecule has 0 radical (unpaired) electrons. The lowest BCUT2D eigenvalue weighted by Crippen LogP contribution is -2.43. The summed E-state index contributed by atoms with van der Waals surface area (Å²) in [4.78, 5) is 12.4. The number of hydrogen-bond acceptors (Lipinski definition) is 3. The molecular weight excluding hydrogens is 473 g/mol. The number of likely N-dealkylation sites (tertiary alicyclic amines) is 1. The van der Waals surface area contributed by atoms with Gasteiger partial charge in [-0.15, -0.1) is 24.0 Å². The molecule has 0 aromatic heterocycles. The second-order valence-corrected chi connectivity index (χ2v) is 9.09. The summed E-state index contributed by atoms with van der Waals surface area (Å²) in [6.45, 7) is 12.0. The van der Waals surface area contributed by atoms with Gasteiger partial charge >= 0.3 is 0 Å². The maximum atomic E-state index is 4.96. The van der Waals surface area contributed by atoms with Gasteiger partial charge in [0.25, 0.3) is 0 Å². The van der Waals surface area contributed by atoms with Crippen LogP contribution in [0.3, 0.4) is 0 Å². The average molecular weight is 511 g/mol. The molecule has 0 bridgehead atoms. The lowest BCUT2D eigenvalue weighted by Gasteiger charge is -2.38. The number of hydrogen-bond donors (Lipinski definition) is 1. The minimum atomic E-state index is 0. The van der Waals surface area contributed by atoms with Gasteiger partial charge in [0.2, 0.25) is 0 Å². The van der Waals surface area contributed by atoms with E-state index in [1.54, 1.807) is 0 Å². The van der Waals surface area contributed by atoms with E-state index in [0.29, 0.717) is 5.41 Å². The molecule has 6 heteroatoms. The van der Waals surface area contributed by atoms with Crippen molar-refractivity contribution < 1.29 is 0 Å². The molecule has 0 unspecified atom stereocenters. The summed E-state index contributed by atoms with van der Waals surface area (Å²) in [6, 6.07) is 9.09. The molecule has 2 saturated heterocycles. The lowest BCUT2D eigenvalue weighted by molar-refractivity contribution is 0.148. The summed E-state index contributed by atoms with van der Waals surface area (Å²) in [5.74, 6) is 1.10. The molecule has 0 amide bonds. The first-order valence-corrected chi connectivity index (χ1v) is 11.2. The molecule has 5 nitrogen and oxygen atoms in total. The first-order valence-electron chi connectivity index (χ1n) is 11.2. The number of benzene rings is 1. The van der Waals surface area contributed by atoms with E-state index in [1.807, 2.05) is 0 Å². The molecule has 4 rings (SSSR count). The van der Waals surface area contributed by atoms with Gasteiger partial charge in [-0.05, 0) is 49.8 Å². The SMILES string of the molecule is CCNC(=NCc1ccc(CN2CCN(C)CC2)cc1)N1CCC2(CCC2)C1.I. The minimum absolute atomic E-state index is 0. The first-order chi connectivity index (χ1) is 13.7. The summed E-state index contributed by atoms with van der Waals surface area (Å²) in [5, 5.41) is 3.52. The maximum Gasteiger partial charge on any atom is 0.194 e. The van der Waals surface area contributed by atoms with Crippen molar-refractivity contribution in [2.45, 2.75) is 45.7 Å². The number of piperazine rings is 1. The molecule has 162 valence electrons. The molecule has 0 atom stereocenters. The highest BCUT2D eigenvalue weighted by molar-refractivity contribution is 14.0. The van der Waals surface area contributed by atoms with E-state index in [9.17, 15) is 0 Å². The Morgan fingerprint density at radius 1 is 1.00 bits per heavy atom. The van der Waals surface area contributed by atoms with Crippen molar-refractivity contribution in [2.75, 3.05) is 52.9 Å². The van der Waals surface area contributed by atoms with Crippen molar-refractivity contribution in [1.29, 1.82) is 0 Å². The van der Waals surface area contributed by atoms with E-state index < -0.39 is 0 Å². The molecule has 1 aromatic carbocycles. The maximum absolute atomic E-state index is 4.96. The second kappa shape index (κ2) is 10.4. The van der Waals surface area contributed by atoms with Gasteiger partial charge in [-0.1, -0.05) is 30.7 Å². The molecule has 2 aliphatic heterocycles. The highest BCUT2D eigenvalue weighted by Crippen LogP contribution is 2.47. The van der Waals surface area contributed by atoms with Crippen LogP contribution in [0.1, 0.15) is 43.7 Å². The Labute approximate surface area is 193 Å². The monoisotopic (exact) mass is 511 g/mol. The zero-order chi connectivity index (χ0) is 19.4. The molecule has 1 aliphatic carbocycles. The van der Waals surface area contributed by atoms with Crippen LogP contribution in [0.15, 0.2) is 29.3 Å². The molecule has 1 N–H and O–H groups in total. The van der Waals surface area contributed by atoms with E-state index in [-0.39, 0.29) is 24.0 Å². The number of nitrogens with one attached hydrogen (secondary N) is 1. The third kappa shape index (κ3) is 5.85. The largest absolute Gasteiger partial charge is 0.357 e. The van der Waals surface area contributed by atoms with Crippen molar-refractivity contribution in [1.82, 2.24) is 20.0 Å². The smallest absolute Gasteiger partial charge is 0.194 e. The van der Waals surface area contributed by atoms with Crippen LogP contribution in [0.25, 0.3) is 0 Å². The van der Waals surface area contributed by atoms with E-state index in [1.165, 1.54) is 69.5 Å². The zero-order valence-corrected chi connectivity index (χ0v) is 20.5. The molecule has 2 heterocycles. The predicted octanol–water partition coefficient (Wildman–Crippen LogP) is 3.39. The third-order valence-electron chi connectivity index (χ3n) is 6.92. The van der Waals surface area contributed by atoms with Gasteiger partial charge in [0.15, 0.2) is 5.96 Å². The highest BCUT2D eigenvalue weighted by atomic mass is 127. The standard InChI is InChI=1S/C23H37N5.HI/c1-3-24-22(28-12-11-23(19-28)9-4-10-23)25-17-20-5-7-21(8-6-20)18-27-15-13-26(2)14-16-27;/h5-8H,3-4,9-19H2,1-2H3,(H,24,25);1H. The number of nitrogens with zero attached hydrogens (tertiary/aromatic N) is 4. The van der Waals surface area contributed by atoms with Gasteiger partial charge in [0, 0.05) is 52.4 Å². The van der Waals surface area contributed by atoms with Crippen LogP contribution in [-0.4, -0.2) is 73.5 Å². The Balaban J connectivity index is 0.00000240. The third-order valence-corrected chi connectivity index (χ3v) is 6.92. The fourth-order valence-corrected chi connectivity index (χ4v) is 4.81. The molecule has 3 aliphatic rings. The van der Waals surface area contributed by atoms with Gasteiger partial charge in [0.05, 0.1) is 6.54 Å². The number of halogens is 1. The van der Waals surface area contributed by atoms with Gasteiger partial charge in [0.1, 0.15) is 0 Å². The lowest BCUT2D eigenvalue weighted by atomic mass is 9.68. The Kier molecular flexibility index (Phi) is 8.22. The quantitative estimate of drug-likeness (QED) is 0.374. The number of guanidine groups is 1. The van der Waals surface area contributed by atoms with Crippen LogP contribution in [0.5, 0.6) is 0 Å². The van der Waals surface area contributed by atoms with Crippen LogP contribution in [0.4, 0.5) is 0 Å². The summed E-state index contributed by atoms with van der Waals surface area (Å²) >= 11 is 0. The summed E-state index contributed by atoms with van der Waals surface area (Å²) < 4.78 is 0. The molecule has 1 spiro atoms. The molecule has 29 heavy (non-hydrogen) atoms. The van der Waals surface area contributed by atoms with Crippen molar-refractivity contribution >= 4 is 29.9 Å². The van der Waals surface area contributed by atoms with Crippen LogP contribution in [-0.2, 0) is 13.1 Å². The van der Waals surface area contributed by atoms with Crippen molar-refractivity contribution in [3.05, 3.63) is 35.4 Å². The van der Waals surface area contributed by atoms with Crippen LogP contribution in [0, 0.1) is 5.41 Å². The topological polar surface area (TPSA) is 34.1 Å². The highest BCUT2D eigenvalue weighted by Gasteiger charge is 2.43. The summed E-state index contributed by atoms with van der Waals surface area (Å²) in [7, 11) is 2.21. The van der Waals surface area contributed by atoms with Crippen molar-refractivity contribution in [2.24, 2.45) is 10.4 Å². The van der Waals surface area contributed by atoms with Gasteiger partial charge in [-0.2, -0.15) is 0 Å². The van der Waals surface area contributed by atoms with E-state index in [4.69, 9.17) is 4.99 Å². The zero-order valence-electron chi connectivity index (χ0n) is 18.2. The summed E-state index contributed by atoms with van der Waals surface area (Å²) in [5.41, 5.74) is 3.33. The van der Waals surface area contributed by atoms with Crippen LogP contribution < -0.4 is 5.32 Å². The average Bonchev–Trinajstić information content (AvgIpc) is 3.14. The van der Waals surface area contributed by atoms with Crippen molar-refractivity contribution in [3.63, 3.8) is 0 Å². The van der Waals surface area contributed by atoms with E-state index in [2.05, 4.69) is 58.3 Å². The predicted molar refractivity (Wildman–Crippen MR) is 132 cm³/mol. The van der Waals surface area contributed by atoms with E-state index in [0.717, 1.165) is 32.1 Å². The Morgan fingerprint density at radius 2 is 1.69 bits per heavy atom.